The molecule has 2 fully saturated rings. The standard InChI is InChI=1S/C19H29ClN4O/c1-2-21-18(22-15-19(25)8-3-9-19)24-12-10-23(11-13-24)14-16-4-6-17(20)7-5-16/h4-7,25H,2-3,8-15H2,1H3,(H,21,22). The molecule has 0 aromatic heterocycles. The van der Waals surface area contributed by atoms with Crippen molar-refractivity contribution in [3.8, 4) is 0 Å². The van der Waals surface area contributed by atoms with Crippen molar-refractivity contribution in [1.29, 1.82) is 0 Å². The van der Waals surface area contributed by atoms with E-state index in [1.165, 1.54) is 5.56 Å². The summed E-state index contributed by atoms with van der Waals surface area (Å²) < 4.78 is 0. The maximum atomic E-state index is 10.3. The van der Waals surface area contributed by atoms with Crippen LogP contribution in [-0.2, 0) is 6.54 Å². The van der Waals surface area contributed by atoms with Crippen LogP contribution in [0, 0.1) is 0 Å². The predicted molar refractivity (Wildman–Crippen MR) is 103 cm³/mol. The number of guanidine groups is 1. The molecule has 1 heterocycles. The van der Waals surface area contributed by atoms with E-state index in [4.69, 9.17) is 16.6 Å². The highest BCUT2D eigenvalue weighted by Crippen LogP contribution is 2.31. The van der Waals surface area contributed by atoms with Crippen molar-refractivity contribution in [1.82, 2.24) is 15.1 Å². The SMILES string of the molecule is CCNC(=NCC1(O)CCC1)N1CCN(Cc2ccc(Cl)cc2)CC1. The monoisotopic (exact) mass is 364 g/mol. The number of piperazine rings is 1. The first kappa shape index (κ1) is 18.5. The van der Waals surface area contributed by atoms with Crippen molar-refractivity contribution in [2.45, 2.75) is 38.3 Å². The van der Waals surface area contributed by atoms with Gasteiger partial charge in [-0.3, -0.25) is 9.89 Å². The van der Waals surface area contributed by atoms with Gasteiger partial charge in [0, 0.05) is 44.3 Å². The summed E-state index contributed by atoms with van der Waals surface area (Å²) in [5.74, 6) is 0.939. The molecule has 1 aromatic rings. The first-order chi connectivity index (χ1) is 12.1. The predicted octanol–water partition coefficient (Wildman–Crippen LogP) is 2.34. The average molecular weight is 365 g/mol. The largest absolute Gasteiger partial charge is 0.388 e. The fourth-order valence-electron chi connectivity index (χ4n) is 3.36. The fourth-order valence-corrected chi connectivity index (χ4v) is 3.48. The maximum Gasteiger partial charge on any atom is 0.194 e. The van der Waals surface area contributed by atoms with Gasteiger partial charge in [-0.2, -0.15) is 0 Å². The molecule has 1 aliphatic heterocycles. The number of aliphatic hydroxyl groups is 1. The Morgan fingerprint density at radius 1 is 1.20 bits per heavy atom. The Hall–Kier alpha value is -1.30. The van der Waals surface area contributed by atoms with Gasteiger partial charge in [-0.15, -0.1) is 0 Å². The second-order valence-electron chi connectivity index (χ2n) is 7.14. The van der Waals surface area contributed by atoms with Gasteiger partial charge in [0.15, 0.2) is 5.96 Å². The topological polar surface area (TPSA) is 51.1 Å². The number of nitrogens with one attached hydrogen (secondary N) is 1. The quantitative estimate of drug-likeness (QED) is 0.622. The summed E-state index contributed by atoms with van der Waals surface area (Å²) in [6.07, 6.45) is 2.88. The number of hydrogen-bond donors (Lipinski definition) is 2. The van der Waals surface area contributed by atoms with E-state index in [-0.39, 0.29) is 0 Å². The average Bonchev–Trinajstić information content (AvgIpc) is 2.60. The van der Waals surface area contributed by atoms with Crippen LogP contribution in [0.3, 0.4) is 0 Å². The molecule has 0 atom stereocenters. The van der Waals surface area contributed by atoms with Crippen LogP contribution in [0.2, 0.25) is 5.02 Å². The summed E-state index contributed by atoms with van der Waals surface area (Å²) in [7, 11) is 0. The van der Waals surface area contributed by atoms with E-state index < -0.39 is 5.60 Å². The summed E-state index contributed by atoms with van der Waals surface area (Å²) in [6, 6.07) is 8.10. The van der Waals surface area contributed by atoms with E-state index in [0.29, 0.717) is 6.54 Å². The van der Waals surface area contributed by atoms with Gasteiger partial charge in [0.05, 0.1) is 12.1 Å². The lowest BCUT2D eigenvalue weighted by Gasteiger charge is -2.38. The van der Waals surface area contributed by atoms with Crippen molar-refractivity contribution < 1.29 is 5.11 Å². The highest BCUT2D eigenvalue weighted by molar-refractivity contribution is 6.30. The number of aliphatic imine (C=N–C) groups is 1. The van der Waals surface area contributed by atoms with E-state index in [9.17, 15) is 5.11 Å². The van der Waals surface area contributed by atoms with Crippen molar-refractivity contribution in [3.05, 3.63) is 34.9 Å². The first-order valence-corrected chi connectivity index (χ1v) is 9.68. The molecule has 1 aliphatic carbocycles. The van der Waals surface area contributed by atoms with Gasteiger partial charge < -0.3 is 15.3 Å². The Kier molecular flexibility index (Phi) is 6.20. The maximum absolute atomic E-state index is 10.3. The van der Waals surface area contributed by atoms with E-state index in [0.717, 1.165) is 69.5 Å². The summed E-state index contributed by atoms with van der Waals surface area (Å²) >= 11 is 5.96. The van der Waals surface area contributed by atoms with Crippen molar-refractivity contribution in [2.24, 2.45) is 4.99 Å². The molecule has 1 saturated carbocycles. The number of benzene rings is 1. The molecule has 0 radical (unpaired) electrons. The van der Waals surface area contributed by atoms with Crippen molar-refractivity contribution in [3.63, 3.8) is 0 Å². The molecule has 6 heteroatoms. The molecule has 0 amide bonds. The third-order valence-electron chi connectivity index (χ3n) is 5.13. The third kappa shape index (κ3) is 5.09. The lowest BCUT2D eigenvalue weighted by molar-refractivity contribution is -0.0238. The van der Waals surface area contributed by atoms with Crippen LogP contribution in [0.1, 0.15) is 31.7 Å². The molecule has 0 spiro atoms. The minimum Gasteiger partial charge on any atom is -0.388 e. The minimum atomic E-state index is -0.558. The van der Waals surface area contributed by atoms with Gasteiger partial charge in [0.25, 0.3) is 0 Å². The summed E-state index contributed by atoms with van der Waals surface area (Å²) in [5.41, 5.74) is 0.738. The number of rotatable bonds is 5. The van der Waals surface area contributed by atoms with Gasteiger partial charge in [0.2, 0.25) is 0 Å². The van der Waals surface area contributed by atoms with Crippen LogP contribution in [0.5, 0.6) is 0 Å². The highest BCUT2D eigenvalue weighted by atomic mass is 35.5. The van der Waals surface area contributed by atoms with E-state index >= 15 is 0 Å². The zero-order chi connectivity index (χ0) is 17.7. The Bertz CT molecular complexity index is 578. The fraction of sp³-hybridized carbons (Fsp3) is 0.632. The minimum absolute atomic E-state index is 0.514. The van der Waals surface area contributed by atoms with Crippen LogP contribution in [0.4, 0.5) is 0 Å². The molecular weight excluding hydrogens is 336 g/mol. The Morgan fingerprint density at radius 3 is 2.44 bits per heavy atom. The smallest absolute Gasteiger partial charge is 0.194 e. The van der Waals surface area contributed by atoms with Crippen LogP contribution in [0.15, 0.2) is 29.3 Å². The molecule has 138 valence electrons. The van der Waals surface area contributed by atoms with E-state index in [2.05, 4.69) is 34.2 Å². The summed E-state index contributed by atoms with van der Waals surface area (Å²) in [6.45, 7) is 8.34. The normalized spacial score (nSPS) is 21.1. The number of halogens is 1. The molecule has 1 saturated heterocycles. The number of hydrogen-bond acceptors (Lipinski definition) is 3. The molecule has 5 nitrogen and oxygen atoms in total. The lowest BCUT2D eigenvalue weighted by atomic mass is 9.80. The van der Waals surface area contributed by atoms with Gasteiger partial charge in [0.1, 0.15) is 0 Å². The molecule has 1 aromatic carbocycles. The van der Waals surface area contributed by atoms with E-state index in [1.54, 1.807) is 0 Å². The Labute approximate surface area is 155 Å². The molecular formula is C19H29ClN4O. The third-order valence-corrected chi connectivity index (χ3v) is 5.39. The molecule has 2 aliphatic rings. The highest BCUT2D eigenvalue weighted by Gasteiger charge is 2.34. The van der Waals surface area contributed by atoms with Crippen LogP contribution >= 0.6 is 11.6 Å². The van der Waals surface area contributed by atoms with Gasteiger partial charge >= 0.3 is 0 Å². The zero-order valence-electron chi connectivity index (χ0n) is 15.0. The Balaban J connectivity index is 1.51. The summed E-state index contributed by atoms with van der Waals surface area (Å²) in [5, 5.41) is 14.4. The zero-order valence-corrected chi connectivity index (χ0v) is 15.8. The summed E-state index contributed by atoms with van der Waals surface area (Å²) in [4.78, 5) is 9.47. The van der Waals surface area contributed by atoms with Crippen molar-refractivity contribution >= 4 is 17.6 Å². The van der Waals surface area contributed by atoms with Crippen LogP contribution in [0.25, 0.3) is 0 Å². The van der Waals surface area contributed by atoms with Gasteiger partial charge in [-0.1, -0.05) is 23.7 Å². The first-order valence-electron chi connectivity index (χ1n) is 9.30. The molecule has 25 heavy (non-hydrogen) atoms. The van der Waals surface area contributed by atoms with E-state index in [1.807, 2.05) is 12.1 Å². The Morgan fingerprint density at radius 2 is 1.88 bits per heavy atom. The molecule has 0 bridgehead atoms. The van der Waals surface area contributed by atoms with Crippen LogP contribution < -0.4 is 5.32 Å². The van der Waals surface area contributed by atoms with Crippen molar-refractivity contribution in [2.75, 3.05) is 39.3 Å². The number of nitrogens with zero attached hydrogens (tertiary/aromatic N) is 3. The second-order valence-corrected chi connectivity index (χ2v) is 7.57. The lowest BCUT2D eigenvalue weighted by Crippen LogP contribution is -2.52. The second kappa shape index (κ2) is 8.39. The van der Waals surface area contributed by atoms with Crippen LogP contribution in [-0.4, -0.2) is 65.7 Å². The molecule has 3 rings (SSSR count). The molecule has 2 N–H and O–H groups in total. The molecule has 0 unspecified atom stereocenters. The van der Waals surface area contributed by atoms with Gasteiger partial charge in [-0.05, 0) is 43.9 Å². The van der Waals surface area contributed by atoms with Gasteiger partial charge in [-0.25, -0.2) is 0 Å².